The third kappa shape index (κ3) is 11.3. The van der Waals surface area contributed by atoms with Crippen molar-refractivity contribution in [2.75, 3.05) is 0 Å². The van der Waals surface area contributed by atoms with Crippen LogP contribution in [-0.2, 0) is 28.7 Å². The van der Waals surface area contributed by atoms with Gasteiger partial charge in [-0.25, -0.2) is 0 Å². The van der Waals surface area contributed by atoms with Crippen molar-refractivity contribution in [1.82, 2.24) is 0 Å². The van der Waals surface area contributed by atoms with Crippen LogP contribution in [0, 0.1) is 0 Å². The van der Waals surface area contributed by atoms with Crippen LogP contribution in [0.15, 0.2) is 72.8 Å². The number of hydrogen-bond donors (Lipinski definition) is 2. The van der Waals surface area contributed by atoms with Crippen molar-refractivity contribution < 1.29 is 38.9 Å². The minimum atomic E-state index is -1.06. The van der Waals surface area contributed by atoms with Crippen molar-refractivity contribution in [2.24, 2.45) is 0 Å². The minimum Gasteiger partial charge on any atom is -0.481 e. The predicted octanol–water partition coefficient (Wildman–Crippen LogP) is 7.92. The summed E-state index contributed by atoms with van der Waals surface area (Å²) in [4.78, 5) is 44.9. The number of aliphatic carboxylic acids is 2. The van der Waals surface area contributed by atoms with Gasteiger partial charge in [0.1, 0.15) is 11.5 Å². The molecule has 3 rings (SSSR count). The Hall–Kier alpha value is -3.58. The summed E-state index contributed by atoms with van der Waals surface area (Å²) >= 11 is 14.5. The lowest BCUT2D eigenvalue weighted by Crippen LogP contribution is -2.18. The summed E-state index contributed by atoms with van der Waals surface area (Å²) in [6.45, 7) is 8.39. The molecule has 0 aliphatic rings. The zero-order chi connectivity index (χ0) is 34.1. The first-order valence-corrected chi connectivity index (χ1v) is 16.6. The summed E-state index contributed by atoms with van der Waals surface area (Å²) in [6, 6.07) is 22.0. The molecule has 0 spiro atoms. The summed E-state index contributed by atoms with van der Waals surface area (Å²) in [5.74, 6) is -2.67. The number of carboxylic acid groups (broad SMARTS) is 2. The van der Waals surface area contributed by atoms with Gasteiger partial charge in [0.25, 0.3) is 0 Å². The lowest BCUT2D eigenvalue weighted by atomic mass is 9.96. The number of carbonyl (C=O) groups excluding carboxylic acids is 2. The van der Waals surface area contributed by atoms with Crippen molar-refractivity contribution >= 4 is 80.2 Å². The minimum absolute atomic E-state index is 0.200. The highest BCUT2D eigenvalue weighted by Gasteiger charge is 2.27. The van der Waals surface area contributed by atoms with Crippen LogP contribution in [0.5, 0.6) is 11.5 Å². The quantitative estimate of drug-likeness (QED) is 0.0965. The number of thioether (sulfide) groups is 2. The van der Waals surface area contributed by atoms with Crippen LogP contribution in [0.1, 0.15) is 75.6 Å². The fourth-order valence-electron chi connectivity index (χ4n) is 4.07. The summed E-state index contributed by atoms with van der Waals surface area (Å²) in [5.41, 5.74) is 3.80. The predicted molar refractivity (Wildman–Crippen MR) is 189 cm³/mol. The van der Waals surface area contributed by atoms with Crippen LogP contribution in [-0.4, -0.2) is 42.5 Å². The molecule has 0 aromatic heterocycles. The highest BCUT2D eigenvalue weighted by molar-refractivity contribution is 8.24. The van der Waals surface area contributed by atoms with Crippen LogP contribution < -0.4 is 9.47 Å². The largest absolute Gasteiger partial charge is 0.481 e. The Kier molecular flexibility index (Phi) is 13.1. The van der Waals surface area contributed by atoms with E-state index in [1.54, 1.807) is 72.1 Å². The van der Waals surface area contributed by atoms with Crippen LogP contribution in [0.4, 0.5) is 0 Å². The molecule has 0 fully saturated rings. The highest BCUT2D eigenvalue weighted by atomic mass is 32.2. The summed E-state index contributed by atoms with van der Waals surface area (Å²) in [6.07, 6.45) is -0.968. The summed E-state index contributed by atoms with van der Waals surface area (Å²) in [7, 11) is 0. The molecule has 0 unspecified atom stereocenters. The second-order valence-corrected chi connectivity index (χ2v) is 15.8. The third-order valence-electron chi connectivity index (χ3n) is 6.70. The molecule has 0 heterocycles. The van der Waals surface area contributed by atoms with Crippen LogP contribution in [0.25, 0.3) is 0 Å². The van der Waals surface area contributed by atoms with Crippen molar-refractivity contribution in [3.63, 3.8) is 0 Å². The molecule has 2 N–H and O–H groups in total. The summed E-state index contributed by atoms with van der Waals surface area (Å²) < 4.78 is 11.1. The number of thiocarbonyl (C=S) groups is 2. The molecule has 0 bridgehead atoms. The number of carboxylic acids is 2. The average molecular weight is 699 g/mol. The molecule has 0 saturated carbocycles. The molecule has 0 aliphatic carbocycles. The Morgan fingerprint density at radius 3 is 1.15 bits per heavy atom. The van der Waals surface area contributed by atoms with Gasteiger partial charge in [-0.2, -0.15) is 0 Å². The van der Waals surface area contributed by atoms with E-state index in [4.69, 9.17) is 44.1 Å². The normalized spacial score (nSPS) is 11.4. The molecule has 12 heteroatoms. The zero-order valence-electron chi connectivity index (χ0n) is 25.7. The van der Waals surface area contributed by atoms with E-state index >= 15 is 0 Å². The molecule has 3 aromatic carbocycles. The van der Waals surface area contributed by atoms with E-state index < -0.39 is 23.9 Å². The molecule has 3 aromatic rings. The Labute approximate surface area is 287 Å². The van der Waals surface area contributed by atoms with Gasteiger partial charge in [0.15, 0.2) is 0 Å². The Morgan fingerprint density at radius 1 is 0.565 bits per heavy atom. The lowest BCUT2D eigenvalue weighted by molar-refractivity contribution is -0.142. The topological polar surface area (TPSA) is 127 Å². The van der Waals surface area contributed by atoms with Gasteiger partial charge in [0.05, 0.1) is 34.1 Å². The number of benzene rings is 3. The van der Waals surface area contributed by atoms with Crippen LogP contribution >= 0.6 is 48.0 Å². The number of carbonyl (C=O) groups is 4. The number of ether oxygens (including phenoxy) is 2. The SMILES string of the molecule is CC(C)(SC(=S)c1ccc(OC(=O)CCC(=O)O)cc1)c1ccc(C(C)(C)SC(=S)c2ccc(OC(=O)CCC(=O)O)cc2)cc1. The molecule has 0 aliphatic heterocycles. The molecule has 46 heavy (non-hydrogen) atoms. The van der Waals surface area contributed by atoms with Crippen molar-refractivity contribution in [1.29, 1.82) is 0 Å². The molecular formula is C34H34O8S4. The number of rotatable bonds is 14. The van der Waals surface area contributed by atoms with E-state index in [9.17, 15) is 19.2 Å². The Morgan fingerprint density at radius 2 is 0.870 bits per heavy atom. The van der Waals surface area contributed by atoms with E-state index in [2.05, 4.69) is 52.0 Å². The third-order valence-corrected chi connectivity index (χ3v) is 10.0. The van der Waals surface area contributed by atoms with E-state index in [1.165, 1.54) is 0 Å². The van der Waals surface area contributed by atoms with E-state index in [-0.39, 0.29) is 35.2 Å². The lowest BCUT2D eigenvalue weighted by Gasteiger charge is -2.28. The fraction of sp³-hybridized carbons (Fsp3) is 0.294. The molecule has 8 nitrogen and oxygen atoms in total. The average Bonchev–Trinajstić information content (AvgIpc) is 2.99. The van der Waals surface area contributed by atoms with Gasteiger partial charge in [-0.3, -0.25) is 19.2 Å². The summed E-state index contributed by atoms with van der Waals surface area (Å²) in [5, 5.41) is 17.4. The van der Waals surface area contributed by atoms with Crippen LogP contribution in [0.2, 0.25) is 0 Å². The van der Waals surface area contributed by atoms with Gasteiger partial charge >= 0.3 is 23.9 Å². The van der Waals surface area contributed by atoms with Gasteiger partial charge in [-0.05, 0) is 98.5 Å². The molecule has 0 radical (unpaired) electrons. The zero-order valence-corrected chi connectivity index (χ0v) is 29.0. The Balaban J connectivity index is 1.58. The number of hydrogen-bond acceptors (Lipinski definition) is 10. The molecule has 0 atom stereocenters. The first kappa shape index (κ1) is 36.9. The first-order valence-electron chi connectivity index (χ1n) is 14.2. The maximum Gasteiger partial charge on any atom is 0.311 e. The molecule has 242 valence electrons. The van der Waals surface area contributed by atoms with Gasteiger partial charge in [-0.1, -0.05) is 48.7 Å². The molecule has 0 saturated heterocycles. The van der Waals surface area contributed by atoms with Gasteiger partial charge in [0, 0.05) is 9.49 Å². The van der Waals surface area contributed by atoms with Gasteiger partial charge in [-0.15, -0.1) is 23.5 Å². The Bertz CT molecular complexity index is 1480. The second kappa shape index (κ2) is 16.3. The number of esters is 2. The van der Waals surface area contributed by atoms with E-state index in [0.29, 0.717) is 19.9 Å². The van der Waals surface area contributed by atoms with E-state index in [0.717, 1.165) is 22.3 Å². The maximum atomic E-state index is 11.8. The van der Waals surface area contributed by atoms with Gasteiger partial charge < -0.3 is 19.7 Å². The fourth-order valence-corrected chi connectivity index (χ4v) is 7.54. The standard InChI is InChI=1S/C34H34O8S4/c1-33(2,45-31(43)21-5-13-25(14-6-21)41-29(39)19-17-27(35)36)23-9-11-24(12-10-23)34(3,4)46-32(44)22-7-15-26(16-8-22)42-30(40)20-18-28(37)38/h5-16H,17-20H2,1-4H3,(H,35,36)(H,37,38). The van der Waals surface area contributed by atoms with Gasteiger partial charge in [0.2, 0.25) is 0 Å². The molecular weight excluding hydrogens is 665 g/mol. The smallest absolute Gasteiger partial charge is 0.311 e. The van der Waals surface area contributed by atoms with Crippen molar-refractivity contribution in [3.05, 3.63) is 95.1 Å². The van der Waals surface area contributed by atoms with E-state index in [1.807, 2.05) is 0 Å². The highest BCUT2D eigenvalue weighted by Crippen LogP contribution is 2.42. The maximum absolute atomic E-state index is 11.8. The van der Waals surface area contributed by atoms with Crippen LogP contribution in [0.3, 0.4) is 0 Å². The van der Waals surface area contributed by atoms with Crippen molar-refractivity contribution in [2.45, 2.75) is 62.9 Å². The monoisotopic (exact) mass is 698 g/mol. The molecule has 0 amide bonds. The first-order chi connectivity index (χ1) is 21.6. The van der Waals surface area contributed by atoms with Crippen molar-refractivity contribution in [3.8, 4) is 11.5 Å². The second-order valence-electron chi connectivity index (χ2n) is 11.2.